The van der Waals surface area contributed by atoms with E-state index in [9.17, 15) is 9.90 Å². The Labute approximate surface area is 147 Å². The van der Waals surface area contributed by atoms with Crippen molar-refractivity contribution in [3.8, 4) is 11.5 Å². The molecule has 2 atom stereocenters. The SMILES string of the molecule is COc1cc(CNC(Cc2ccccc2)C(=O)O)c2c(c1)CC(C)O2. The maximum absolute atomic E-state index is 11.6. The van der Waals surface area contributed by atoms with E-state index in [4.69, 9.17) is 9.47 Å². The first-order valence-corrected chi connectivity index (χ1v) is 8.43. The van der Waals surface area contributed by atoms with Gasteiger partial charge in [-0.1, -0.05) is 30.3 Å². The highest BCUT2D eigenvalue weighted by molar-refractivity contribution is 5.74. The van der Waals surface area contributed by atoms with Crippen LogP contribution in [0.5, 0.6) is 11.5 Å². The Hall–Kier alpha value is -2.53. The molecule has 5 heteroatoms. The van der Waals surface area contributed by atoms with Gasteiger partial charge in [0.25, 0.3) is 0 Å². The fraction of sp³-hybridized carbons (Fsp3) is 0.350. The smallest absolute Gasteiger partial charge is 0.321 e. The van der Waals surface area contributed by atoms with Crippen molar-refractivity contribution < 1.29 is 19.4 Å². The molecule has 2 N–H and O–H groups in total. The molecule has 0 aliphatic carbocycles. The highest BCUT2D eigenvalue weighted by atomic mass is 16.5. The number of carboxylic acid groups (broad SMARTS) is 1. The highest BCUT2D eigenvalue weighted by Gasteiger charge is 2.25. The van der Waals surface area contributed by atoms with Crippen LogP contribution in [0.1, 0.15) is 23.6 Å². The molecule has 25 heavy (non-hydrogen) atoms. The largest absolute Gasteiger partial charge is 0.497 e. The molecule has 5 nitrogen and oxygen atoms in total. The summed E-state index contributed by atoms with van der Waals surface area (Å²) >= 11 is 0. The van der Waals surface area contributed by atoms with Gasteiger partial charge in [-0.25, -0.2) is 0 Å². The van der Waals surface area contributed by atoms with Crippen molar-refractivity contribution in [2.45, 2.75) is 38.5 Å². The third kappa shape index (κ3) is 4.12. The van der Waals surface area contributed by atoms with Crippen LogP contribution in [0.4, 0.5) is 0 Å². The Morgan fingerprint density at radius 1 is 1.36 bits per heavy atom. The third-order valence-electron chi connectivity index (χ3n) is 4.40. The summed E-state index contributed by atoms with van der Waals surface area (Å²) in [5.41, 5.74) is 3.03. The van der Waals surface area contributed by atoms with Gasteiger partial charge in [0, 0.05) is 24.1 Å². The van der Waals surface area contributed by atoms with Crippen LogP contribution in [0, 0.1) is 0 Å². The van der Waals surface area contributed by atoms with Crippen LogP contribution in [0.25, 0.3) is 0 Å². The van der Waals surface area contributed by atoms with Gasteiger partial charge in [-0.05, 0) is 31.0 Å². The molecule has 0 amide bonds. The summed E-state index contributed by atoms with van der Waals surface area (Å²) in [5.74, 6) is 0.755. The van der Waals surface area contributed by atoms with Crippen LogP contribution in [0.15, 0.2) is 42.5 Å². The average molecular weight is 341 g/mol. The van der Waals surface area contributed by atoms with E-state index < -0.39 is 12.0 Å². The minimum absolute atomic E-state index is 0.125. The summed E-state index contributed by atoms with van der Waals surface area (Å²) in [6, 6.07) is 12.9. The van der Waals surface area contributed by atoms with Gasteiger partial charge in [0.15, 0.2) is 0 Å². The maximum atomic E-state index is 11.6. The lowest BCUT2D eigenvalue weighted by Gasteiger charge is -2.17. The van der Waals surface area contributed by atoms with Crippen LogP contribution in [-0.2, 0) is 24.2 Å². The Kier molecular flexibility index (Phi) is 5.24. The lowest BCUT2D eigenvalue weighted by Crippen LogP contribution is -2.38. The van der Waals surface area contributed by atoms with Gasteiger partial charge in [-0.2, -0.15) is 0 Å². The topological polar surface area (TPSA) is 67.8 Å². The molecule has 0 saturated heterocycles. The lowest BCUT2D eigenvalue weighted by molar-refractivity contribution is -0.139. The quantitative estimate of drug-likeness (QED) is 0.810. The fourth-order valence-electron chi connectivity index (χ4n) is 3.16. The Morgan fingerprint density at radius 3 is 2.80 bits per heavy atom. The number of hydrogen-bond acceptors (Lipinski definition) is 4. The molecule has 0 aromatic heterocycles. The molecule has 1 aliphatic heterocycles. The van der Waals surface area contributed by atoms with Crippen LogP contribution < -0.4 is 14.8 Å². The summed E-state index contributed by atoms with van der Waals surface area (Å²) in [6.45, 7) is 2.44. The first kappa shape index (κ1) is 17.3. The monoisotopic (exact) mass is 341 g/mol. The van der Waals surface area contributed by atoms with Crippen molar-refractivity contribution in [3.63, 3.8) is 0 Å². The lowest BCUT2D eigenvalue weighted by atomic mass is 10.0. The minimum atomic E-state index is -0.863. The van der Waals surface area contributed by atoms with E-state index in [1.54, 1.807) is 7.11 Å². The van der Waals surface area contributed by atoms with E-state index in [2.05, 4.69) is 5.32 Å². The standard InChI is InChI=1S/C20H23NO4/c1-13-8-15-10-17(24-2)11-16(19(15)25-13)12-21-18(20(22)23)9-14-6-4-3-5-7-14/h3-7,10-11,13,18,21H,8-9,12H2,1-2H3,(H,22,23). The summed E-state index contributed by atoms with van der Waals surface area (Å²) in [6.07, 6.45) is 1.39. The first-order chi connectivity index (χ1) is 12.1. The van der Waals surface area contributed by atoms with Crippen molar-refractivity contribution in [1.29, 1.82) is 0 Å². The molecule has 1 aliphatic rings. The molecule has 1 heterocycles. The number of aliphatic carboxylic acids is 1. The van der Waals surface area contributed by atoms with E-state index in [0.717, 1.165) is 34.6 Å². The molecule has 2 unspecified atom stereocenters. The zero-order valence-corrected chi connectivity index (χ0v) is 14.5. The second kappa shape index (κ2) is 7.57. The van der Waals surface area contributed by atoms with Gasteiger partial charge in [0.1, 0.15) is 23.6 Å². The van der Waals surface area contributed by atoms with Gasteiger partial charge in [0.05, 0.1) is 7.11 Å². The molecule has 0 radical (unpaired) electrons. The maximum Gasteiger partial charge on any atom is 0.321 e. The molecule has 132 valence electrons. The predicted octanol–water partition coefficient (Wildman–Crippen LogP) is 2.80. The zero-order chi connectivity index (χ0) is 17.8. The van der Waals surface area contributed by atoms with E-state index in [0.29, 0.717) is 13.0 Å². The van der Waals surface area contributed by atoms with E-state index in [1.807, 2.05) is 49.4 Å². The normalized spacial score (nSPS) is 16.8. The van der Waals surface area contributed by atoms with Gasteiger partial charge in [0.2, 0.25) is 0 Å². The van der Waals surface area contributed by atoms with E-state index >= 15 is 0 Å². The minimum Gasteiger partial charge on any atom is -0.497 e. The van der Waals surface area contributed by atoms with Gasteiger partial charge in [-0.15, -0.1) is 0 Å². The fourth-order valence-corrected chi connectivity index (χ4v) is 3.16. The number of methoxy groups -OCH3 is 1. The first-order valence-electron chi connectivity index (χ1n) is 8.43. The third-order valence-corrected chi connectivity index (χ3v) is 4.40. The van der Waals surface area contributed by atoms with Crippen molar-refractivity contribution in [2.75, 3.05) is 7.11 Å². The molecular weight excluding hydrogens is 318 g/mol. The molecule has 0 spiro atoms. The van der Waals surface area contributed by atoms with Crippen molar-refractivity contribution in [2.24, 2.45) is 0 Å². The number of fused-ring (bicyclic) bond motifs is 1. The van der Waals surface area contributed by atoms with Gasteiger partial charge < -0.3 is 14.6 Å². The predicted molar refractivity (Wildman–Crippen MR) is 95.2 cm³/mol. The number of ether oxygens (including phenoxy) is 2. The Balaban J connectivity index is 1.75. The van der Waals surface area contributed by atoms with E-state index in [-0.39, 0.29) is 6.10 Å². The number of nitrogens with one attached hydrogen (secondary N) is 1. The number of carboxylic acids is 1. The molecule has 0 bridgehead atoms. The number of rotatable bonds is 7. The molecule has 3 rings (SSSR count). The highest BCUT2D eigenvalue weighted by Crippen LogP contribution is 2.36. The molecule has 0 saturated carbocycles. The van der Waals surface area contributed by atoms with E-state index in [1.165, 1.54) is 0 Å². The van der Waals surface area contributed by atoms with Crippen LogP contribution in [0.2, 0.25) is 0 Å². The number of benzene rings is 2. The zero-order valence-electron chi connectivity index (χ0n) is 14.5. The second-order valence-corrected chi connectivity index (χ2v) is 6.37. The van der Waals surface area contributed by atoms with Gasteiger partial charge in [-0.3, -0.25) is 10.1 Å². The summed E-state index contributed by atoms with van der Waals surface area (Å²) in [7, 11) is 1.63. The summed E-state index contributed by atoms with van der Waals surface area (Å²) in [5, 5.41) is 12.7. The molecule has 0 fully saturated rings. The number of hydrogen-bond donors (Lipinski definition) is 2. The Bertz CT molecular complexity index is 745. The second-order valence-electron chi connectivity index (χ2n) is 6.37. The average Bonchev–Trinajstić information content (AvgIpc) is 2.99. The van der Waals surface area contributed by atoms with Gasteiger partial charge >= 0.3 is 5.97 Å². The van der Waals surface area contributed by atoms with Crippen LogP contribution in [-0.4, -0.2) is 30.3 Å². The number of carbonyl (C=O) groups is 1. The van der Waals surface area contributed by atoms with Crippen molar-refractivity contribution >= 4 is 5.97 Å². The summed E-state index contributed by atoms with van der Waals surface area (Å²) in [4.78, 5) is 11.6. The van der Waals surface area contributed by atoms with Crippen molar-refractivity contribution in [3.05, 3.63) is 59.2 Å². The summed E-state index contributed by atoms with van der Waals surface area (Å²) < 4.78 is 11.3. The van der Waals surface area contributed by atoms with Crippen LogP contribution >= 0.6 is 0 Å². The van der Waals surface area contributed by atoms with Crippen molar-refractivity contribution in [1.82, 2.24) is 5.32 Å². The Morgan fingerprint density at radius 2 is 2.12 bits per heavy atom. The molecule has 2 aromatic carbocycles. The molecule has 2 aromatic rings. The van der Waals surface area contributed by atoms with Crippen LogP contribution in [0.3, 0.4) is 0 Å². The molecular formula is C20H23NO4.